The lowest BCUT2D eigenvalue weighted by atomic mass is 10.1. The number of rotatable bonds is 8. The highest BCUT2D eigenvalue weighted by molar-refractivity contribution is 7.89. The molecule has 1 saturated carbocycles. The van der Waals surface area contributed by atoms with E-state index in [2.05, 4.69) is 23.9 Å². The van der Waals surface area contributed by atoms with Gasteiger partial charge < -0.3 is 5.32 Å². The van der Waals surface area contributed by atoms with Crippen LogP contribution >= 0.6 is 0 Å². The molecule has 112 valence electrons. The van der Waals surface area contributed by atoms with E-state index in [0.717, 1.165) is 31.4 Å². The first-order valence-corrected chi connectivity index (χ1v) is 8.84. The molecule has 1 unspecified atom stereocenters. The van der Waals surface area contributed by atoms with E-state index >= 15 is 0 Å². The van der Waals surface area contributed by atoms with E-state index in [1.807, 2.05) is 12.1 Å². The maximum Gasteiger partial charge on any atom is 0.240 e. The quantitative estimate of drug-likeness (QED) is 0.774. The van der Waals surface area contributed by atoms with Crippen molar-refractivity contribution in [3.8, 4) is 0 Å². The van der Waals surface area contributed by atoms with Gasteiger partial charge in [0.2, 0.25) is 10.0 Å². The second kappa shape index (κ2) is 6.70. The molecule has 1 atom stereocenters. The molecule has 2 rings (SSSR count). The average Bonchev–Trinajstić information content (AvgIpc) is 3.27. The zero-order valence-electron chi connectivity index (χ0n) is 12.2. The Balaban J connectivity index is 1.98. The smallest absolute Gasteiger partial charge is 0.240 e. The van der Waals surface area contributed by atoms with Crippen LogP contribution in [0.15, 0.2) is 29.2 Å². The number of benzene rings is 1. The van der Waals surface area contributed by atoms with Crippen molar-refractivity contribution in [1.82, 2.24) is 10.0 Å². The molecule has 2 N–H and O–H groups in total. The lowest BCUT2D eigenvalue weighted by Gasteiger charge is -2.14. The van der Waals surface area contributed by atoms with Crippen molar-refractivity contribution in [2.75, 3.05) is 13.1 Å². The number of nitrogens with one attached hydrogen (secondary N) is 2. The van der Waals surface area contributed by atoms with E-state index in [-0.39, 0.29) is 6.04 Å². The third-order valence-electron chi connectivity index (χ3n) is 3.65. The van der Waals surface area contributed by atoms with Crippen LogP contribution in [0, 0.1) is 5.92 Å². The molecular weight excluding hydrogens is 272 g/mol. The van der Waals surface area contributed by atoms with Crippen LogP contribution in [0.1, 0.15) is 44.7 Å². The van der Waals surface area contributed by atoms with E-state index in [1.165, 1.54) is 0 Å². The van der Waals surface area contributed by atoms with Crippen LogP contribution in [0.3, 0.4) is 0 Å². The normalized spacial score (nSPS) is 17.1. The van der Waals surface area contributed by atoms with Gasteiger partial charge in [0.1, 0.15) is 0 Å². The van der Waals surface area contributed by atoms with E-state index < -0.39 is 10.0 Å². The van der Waals surface area contributed by atoms with Crippen molar-refractivity contribution in [2.45, 2.75) is 44.0 Å². The lowest BCUT2D eigenvalue weighted by molar-refractivity contribution is 0.568. The van der Waals surface area contributed by atoms with Gasteiger partial charge in [-0.2, -0.15) is 0 Å². The van der Waals surface area contributed by atoms with Crippen LogP contribution in [0.5, 0.6) is 0 Å². The molecule has 1 fully saturated rings. The first-order valence-electron chi connectivity index (χ1n) is 7.36. The summed E-state index contributed by atoms with van der Waals surface area (Å²) in [5.74, 6) is 0.544. The minimum absolute atomic E-state index is 0.242. The van der Waals surface area contributed by atoms with Crippen LogP contribution in [0.25, 0.3) is 0 Å². The fourth-order valence-corrected chi connectivity index (χ4v) is 3.16. The Labute approximate surface area is 122 Å². The zero-order chi connectivity index (χ0) is 14.6. The molecule has 0 spiro atoms. The van der Waals surface area contributed by atoms with Gasteiger partial charge in [-0.15, -0.1) is 0 Å². The van der Waals surface area contributed by atoms with Gasteiger partial charge in [0.05, 0.1) is 4.90 Å². The maximum absolute atomic E-state index is 12.1. The molecule has 0 aliphatic heterocycles. The van der Waals surface area contributed by atoms with E-state index in [0.29, 0.717) is 17.4 Å². The van der Waals surface area contributed by atoms with Gasteiger partial charge >= 0.3 is 0 Å². The van der Waals surface area contributed by atoms with Crippen LogP contribution in [-0.4, -0.2) is 21.5 Å². The highest BCUT2D eigenvalue weighted by Gasteiger charge is 2.24. The van der Waals surface area contributed by atoms with Crippen molar-refractivity contribution >= 4 is 10.0 Å². The zero-order valence-corrected chi connectivity index (χ0v) is 13.0. The molecule has 1 aliphatic carbocycles. The molecule has 0 amide bonds. The maximum atomic E-state index is 12.1. The first-order chi connectivity index (χ1) is 9.53. The first kappa shape index (κ1) is 15.5. The SMILES string of the molecule is CCCNC(C)c1ccc(S(=O)(=O)NCC2CC2)cc1. The Morgan fingerprint density at radius 1 is 1.25 bits per heavy atom. The van der Waals surface area contributed by atoms with Gasteiger partial charge in [0.25, 0.3) is 0 Å². The summed E-state index contributed by atoms with van der Waals surface area (Å²) in [6.45, 7) is 5.74. The standard InChI is InChI=1S/C15H24N2O2S/c1-3-10-16-12(2)14-6-8-15(9-7-14)20(18,19)17-11-13-4-5-13/h6-9,12-13,16-17H,3-5,10-11H2,1-2H3. The van der Waals surface area contributed by atoms with Gasteiger partial charge in [-0.3, -0.25) is 0 Å². The molecule has 0 radical (unpaired) electrons. The minimum Gasteiger partial charge on any atom is -0.310 e. The van der Waals surface area contributed by atoms with Gasteiger partial charge in [0, 0.05) is 12.6 Å². The molecule has 0 aromatic heterocycles. The predicted octanol–water partition coefficient (Wildman–Crippen LogP) is 2.44. The summed E-state index contributed by atoms with van der Waals surface area (Å²) in [5.41, 5.74) is 1.11. The summed E-state index contributed by atoms with van der Waals surface area (Å²) in [7, 11) is -3.35. The average molecular weight is 296 g/mol. The molecular formula is C15H24N2O2S. The molecule has 0 bridgehead atoms. The molecule has 20 heavy (non-hydrogen) atoms. The third kappa shape index (κ3) is 4.30. The van der Waals surface area contributed by atoms with Gasteiger partial charge in [-0.1, -0.05) is 19.1 Å². The summed E-state index contributed by atoms with van der Waals surface area (Å²) in [5, 5.41) is 3.39. The van der Waals surface area contributed by atoms with Crippen LogP contribution in [0.2, 0.25) is 0 Å². The molecule has 1 aromatic carbocycles. The lowest BCUT2D eigenvalue weighted by Crippen LogP contribution is -2.26. The Kier molecular flexibility index (Phi) is 5.18. The van der Waals surface area contributed by atoms with Crippen molar-refractivity contribution < 1.29 is 8.42 Å². The van der Waals surface area contributed by atoms with Crippen LogP contribution in [0.4, 0.5) is 0 Å². The molecule has 5 heteroatoms. The van der Waals surface area contributed by atoms with Crippen molar-refractivity contribution in [1.29, 1.82) is 0 Å². The molecule has 4 nitrogen and oxygen atoms in total. The Bertz CT molecular complexity index is 521. The predicted molar refractivity (Wildman–Crippen MR) is 81.1 cm³/mol. The summed E-state index contributed by atoms with van der Waals surface area (Å²) < 4.78 is 26.9. The third-order valence-corrected chi connectivity index (χ3v) is 5.09. The second-order valence-corrected chi connectivity index (χ2v) is 7.31. The van der Waals surface area contributed by atoms with Crippen molar-refractivity contribution in [3.63, 3.8) is 0 Å². The largest absolute Gasteiger partial charge is 0.310 e. The van der Waals surface area contributed by atoms with E-state index in [9.17, 15) is 8.42 Å². The van der Waals surface area contributed by atoms with Crippen LogP contribution in [-0.2, 0) is 10.0 Å². The van der Waals surface area contributed by atoms with Crippen molar-refractivity contribution in [2.24, 2.45) is 5.92 Å². The number of hydrogen-bond acceptors (Lipinski definition) is 3. The molecule has 0 heterocycles. The highest BCUT2D eigenvalue weighted by atomic mass is 32.2. The van der Waals surface area contributed by atoms with E-state index in [1.54, 1.807) is 12.1 Å². The fourth-order valence-electron chi connectivity index (χ4n) is 2.05. The van der Waals surface area contributed by atoms with Crippen LogP contribution < -0.4 is 10.0 Å². The van der Waals surface area contributed by atoms with E-state index in [4.69, 9.17) is 0 Å². The monoisotopic (exact) mass is 296 g/mol. The van der Waals surface area contributed by atoms with Gasteiger partial charge in [-0.25, -0.2) is 13.1 Å². The van der Waals surface area contributed by atoms with Gasteiger partial charge in [0.15, 0.2) is 0 Å². The van der Waals surface area contributed by atoms with Gasteiger partial charge in [-0.05, 0) is 56.3 Å². The molecule has 0 saturated heterocycles. The highest BCUT2D eigenvalue weighted by Crippen LogP contribution is 2.28. The Hall–Kier alpha value is -0.910. The second-order valence-electron chi connectivity index (χ2n) is 5.54. The number of hydrogen-bond donors (Lipinski definition) is 2. The van der Waals surface area contributed by atoms with Crippen molar-refractivity contribution in [3.05, 3.63) is 29.8 Å². The fraction of sp³-hybridized carbons (Fsp3) is 0.600. The Morgan fingerprint density at radius 2 is 1.90 bits per heavy atom. The topological polar surface area (TPSA) is 58.2 Å². The summed E-state index contributed by atoms with van der Waals surface area (Å²) >= 11 is 0. The number of sulfonamides is 1. The summed E-state index contributed by atoms with van der Waals surface area (Å²) in [6, 6.07) is 7.40. The molecule has 1 aliphatic rings. The summed E-state index contributed by atoms with van der Waals surface area (Å²) in [6.07, 6.45) is 3.37. The molecule has 1 aromatic rings. The summed E-state index contributed by atoms with van der Waals surface area (Å²) in [4.78, 5) is 0.351. The minimum atomic E-state index is -3.35. The Morgan fingerprint density at radius 3 is 2.45 bits per heavy atom.